The van der Waals surface area contributed by atoms with Crippen LogP contribution in [0.3, 0.4) is 0 Å². The van der Waals surface area contributed by atoms with E-state index in [1.165, 1.54) is 27.8 Å². The number of nitrogens with zero attached hydrogens (tertiary/aromatic N) is 1. The average molecular weight is 503 g/mol. The van der Waals surface area contributed by atoms with E-state index >= 15 is 0 Å². The fourth-order valence-electron chi connectivity index (χ4n) is 3.29. The van der Waals surface area contributed by atoms with Gasteiger partial charge in [0.15, 0.2) is 0 Å². The Labute approximate surface area is 175 Å². The number of rotatable bonds is 3. The van der Waals surface area contributed by atoms with E-state index in [1.54, 1.807) is 12.1 Å². The standard InChI is InChI=1S/C13H19INO.C7H8O3S/c1-15(8-4-6-12(16)10-15)9-11-5-2-3-7-13(11)14;1-6-2-4-7(5-3-6)11(8,9)10/h2-3,5,7,12,16H,4,6,8-10H2,1H3;2-5H,1H3,(H,8,9,10)/q+1;/p-1. The van der Waals surface area contributed by atoms with Gasteiger partial charge >= 0.3 is 0 Å². The van der Waals surface area contributed by atoms with Crippen molar-refractivity contribution in [3.05, 3.63) is 63.2 Å². The molecule has 0 aliphatic carbocycles. The average Bonchev–Trinajstić information content (AvgIpc) is 2.57. The highest BCUT2D eigenvalue weighted by atomic mass is 127. The van der Waals surface area contributed by atoms with Crippen molar-refractivity contribution in [2.75, 3.05) is 20.1 Å². The topological polar surface area (TPSA) is 77.4 Å². The van der Waals surface area contributed by atoms with Crippen molar-refractivity contribution in [2.45, 2.75) is 37.3 Å². The van der Waals surface area contributed by atoms with E-state index in [2.05, 4.69) is 53.9 Å². The monoisotopic (exact) mass is 503 g/mol. The molecule has 1 aliphatic heterocycles. The van der Waals surface area contributed by atoms with Crippen molar-refractivity contribution in [2.24, 2.45) is 0 Å². The first-order chi connectivity index (χ1) is 12.6. The Hall–Kier alpha value is -1.00. The van der Waals surface area contributed by atoms with Crippen molar-refractivity contribution < 1.29 is 22.6 Å². The van der Waals surface area contributed by atoms with Crippen LogP contribution in [0.15, 0.2) is 53.4 Å². The Morgan fingerprint density at radius 3 is 2.37 bits per heavy atom. The molecule has 0 radical (unpaired) electrons. The number of hydrogen-bond donors (Lipinski definition) is 1. The van der Waals surface area contributed by atoms with Gasteiger partial charge in [-0.3, -0.25) is 0 Å². The lowest BCUT2D eigenvalue weighted by Gasteiger charge is -2.40. The lowest BCUT2D eigenvalue weighted by Crippen LogP contribution is -2.52. The number of likely N-dealkylation sites (N-methyl/N-ethyl adjacent to an activating group) is 1. The van der Waals surface area contributed by atoms with E-state index in [4.69, 9.17) is 0 Å². The lowest BCUT2D eigenvalue weighted by molar-refractivity contribution is -0.930. The zero-order chi connectivity index (χ0) is 20.1. The molecule has 0 bridgehead atoms. The van der Waals surface area contributed by atoms with Gasteiger partial charge in [0.2, 0.25) is 0 Å². The highest BCUT2D eigenvalue weighted by molar-refractivity contribution is 14.1. The second-order valence-electron chi connectivity index (χ2n) is 7.34. The third kappa shape index (κ3) is 7.15. The minimum absolute atomic E-state index is 0.111. The molecule has 1 saturated heterocycles. The molecule has 7 heteroatoms. The second-order valence-corrected chi connectivity index (χ2v) is 9.88. The largest absolute Gasteiger partial charge is 0.744 e. The molecule has 148 valence electrons. The van der Waals surface area contributed by atoms with Crippen LogP contribution in [0, 0.1) is 10.5 Å². The zero-order valence-corrected chi connectivity index (χ0v) is 18.6. The number of halogens is 1. The Morgan fingerprint density at radius 1 is 1.19 bits per heavy atom. The van der Waals surface area contributed by atoms with E-state index in [9.17, 15) is 18.1 Å². The molecule has 0 amide bonds. The predicted octanol–water partition coefficient (Wildman–Crippen LogP) is 3.29. The fraction of sp³-hybridized carbons (Fsp3) is 0.400. The Bertz CT molecular complexity index is 855. The van der Waals surface area contributed by atoms with E-state index in [0.29, 0.717) is 0 Å². The molecule has 0 aromatic heterocycles. The SMILES string of the molecule is C[N+]1(Cc2ccccc2I)CCCC(O)C1.Cc1ccc(S(=O)(=O)[O-])cc1. The van der Waals surface area contributed by atoms with Gasteiger partial charge in [-0.25, -0.2) is 8.42 Å². The van der Waals surface area contributed by atoms with Crippen LogP contribution in [-0.4, -0.2) is 48.8 Å². The molecule has 2 unspecified atom stereocenters. The van der Waals surface area contributed by atoms with Gasteiger partial charge < -0.3 is 14.1 Å². The zero-order valence-electron chi connectivity index (χ0n) is 15.6. The predicted molar refractivity (Wildman–Crippen MR) is 113 cm³/mol. The van der Waals surface area contributed by atoms with Crippen molar-refractivity contribution in [3.63, 3.8) is 0 Å². The molecular formula is C20H26INO4S. The molecular weight excluding hydrogens is 477 g/mol. The summed E-state index contributed by atoms with van der Waals surface area (Å²) in [7, 11) is -2.01. The fourth-order valence-corrected chi connectivity index (χ4v) is 4.31. The molecule has 3 rings (SSSR count). The molecule has 2 aromatic carbocycles. The maximum absolute atomic E-state index is 10.4. The Balaban J connectivity index is 0.000000208. The maximum atomic E-state index is 10.4. The van der Waals surface area contributed by atoms with Crippen LogP contribution in [0.4, 0.5) is 0 Å². The summed E-state index contributed by atoms with van der Waals surface area (Å²) in [6.45, 7) is 4.93. The Morgan fingerprint density at radius 2 is 1.81 bits per heavy atom. The smallest absolute Gasteiger partial charge is 0.124 e. The van der Waals surface area contributed by atoms with E-state index < -0.39 is 10.1 Å². The molecule has 1 heterocycles. The summed E-state index contributed by atoms with van der Waals surface area (Å²) in [5.41, 5.74) is 2.33. The number of hydrogen-bond acceptors (Lipinski definition) is 4. The first-order valence-corrected chi connectivity index (χ1v) is 11.4. The molecule has 1 N–H and O–H groups in total. The number of aryl methyl sites for hydroxylation is 1. The van der Waals surface area contributed by atoms with Crippen LogP contribution >= 0.6 is 22.6 Å². The number of quaternary nitrogens is 1. The minimum Gasteiger partial charge on any atom is -0.744 e. The summed E-state index contributed by atoms with van der Waals surface area (Å²) in [6, 6.07) is 14.3. The Kier molecular flexibility index (Phi) is 7.82. The van der Waals surface area contributed by atoms with Crippen LogP contribution < -0.4 is 0 Å². The second kappa shape index (κ2) is 9.47. The summed E-state index contributed by atoms with van der Waals surface area (Å²) in [6.07, 6.45) is 2.00. The van der Waals surface area contributed by atoms with Crippen LogP contribution in [0.2, 0.25) is 0 Å². The highest BCUT2D eigenvalue weighted by Gasteiger charge is 2.30. The molecule has 2 atom stereocenters. The summed E-state index contributed by atoms with van der Waals surface area (Å²) < 4.78 is 33.5. The summed E-state index contributed by atoms with van der Waals surface area (Å²) in [4.78, 5) is -0.178. The van der Waals surface area contributed by atoms with E-state index in [-0.39, 0.29) is 11.0 Å². The van der Waals surface area contributed by atoms with Gasteiger partial charge in [0.1, 0.15) is 29.3 Å². The van der Waals surface area contributed by atoms with E-state index in [1.807, 2.05) is 6.92 Å². The van der Waals surface area contributed by atoms with Crippen molar-refractivity contribution in [1.82, 2.24) is 0 Å². The van der Waals surface area contributed by atoms with Crippen LogP contribution in [-0.2, 0) is 16.7 Å². The maximum Gasteiger partial charge on any atom is 0.124 e. The molecule has 0 saturated carbocycles. The molecule has 1 aliphatic rings. The van der Waals surface area contributed by atoms with Crippen molar-refractivity contribution in [3.8, 4) is 0 Å². The van der Waals surface area contributed by atoms with Crippen LogP contribution in [0.5, 0.6) is 0 Å². The van der Waals surface area contributed by atoms with Crippen molar-refractivity contribution in [1.29, 1.82) is 0 Å². The molecule has 27 heavy (non-hydrogen) atoms. The quantitative estimate of drug-likeness (QED) is 0.396. The number of aliphatic hydroxyl groups excluding tert-OH is 1. The van der Waals surface area contributed by atoms with Gasteiger partial charge in [-0.2, -0.15) is 0 Å². The summed E-state index contributed by atoms with van der Waals surface area (Å²) in [5, 5.41) is 9.77. The normalized spacial score (nSPS) is 22.6. The number of likely N-dealkylation sites (tertiary alicyclic amines) is 1. The van der Waals surface area contributed by atoms with Crippen molar-refractivity contribution >= 4 is 32.7 Å². The number of aliphatic hydroxyl groups is 1. The first-order valence-electron chi connectivity index (χ1n) is 8.87. The van der Waals surface area contributed by atoms with E-state index in [0.717, 1.165) is 36.0 Å². The highest BCUT2D eigenvalue weighted by Crippen LogP contribution is 2.23. The molecule has 1 fully saturated rings. The lowest BCUT2D eigenvalue weighted by atomic mass is 10.0. The van der Waals surface area contributed by atoms with Gasteiger partial charge in [0.25, 0.3) is 0 Å². The van der Waals surface area contributed by atoms with Gasteiger partial charge in [-0.15, -0.1) is 0 Å². The number of benzene rings is 2. The van der Waals surface area contributed by atoms with Gasteiger partial charge in [0.05, 0.1) is 18.5 Å². The van der Waals surface area contributed by atoms with Crippen LogP contribution in [0.1, 0.15) is 24.0 Å². The first kappa shape index (κ1) is 22.3. The van der Waals surface area contributed by atoms with Crippen LogP contribution in [0.25, 0.3) is 0 Å². The summed E-state index contributed by atoms with van der Waals surface area (Å²) >= 11 is 2.40. The number of piperidine rings is 1. The molecule has 5 nitrogen and oxygen atoms in total. The molecule has 0 spiro atoms. The van der Waals surface area contributed by atoms with Gasteiger partial charge in [-0.1, -0.05) is 35.9 Å². The molecule has 2 aromatic rings. The van der Waals surface area contributed by atoms with Gasteiger partial charge in [-0.05, 0) is 60.6 Å². The summed E-state index contributed by atoms with van der Waals surface area (Å²) in [5.74, 6) is 0. The van der Waals surface area contributed by atoms with Gasteiger partial charge in [0, 0.05) is 9.13 Å². The third-order valence-electron chi connectivity index (χ3n) is 4.71. The minimum atomic E-state index is -4.27. The third-order valence-corrected chi connectivity index (χ3v) is 6.61.